The zero-order chi connectivity index (χ0) is 18.4. The minimum absolute atomic E-state index is 0.142. The molecule has 6 heteroatoms. The van der Waals surface area contributed by atoms with Gasteiger partial charge in [-0.2, -0.15) is 0 Å². The second-order valence-electron chi connectivity index (χ2n) is 5.35. The van der Waals surface area contributed by atoms with Gasteiger partial charge in [0.1, 0.15) is 5.75 Å². The average Bonchev–Trinajstić information content (AvgIpc) is 2.65. The van der Waals surface area contributed by atoms with Crippen LogP contribution in [0.15, 0.2) is 36.4 Å². The Bertz CT molecular complexity index is 748. The van der Waals surface area contributed by atoms with Crippen LogP contribution in [-0.2, 0) is 6.54 Å². The molecule has 0 spiro atoms. The lowest BCUT2D eigenvalue weighted by molar-refractivity contribution is 0.0749. The first kappa shape index (κ1) is 18.9. The van der Waals surface area contributed by atoms with Gasteiger partial charge in [-0.05, 0) is 42.8 Å². The number of amides is 1. The molecule has 0 fully saturated rings. The fraction of sp³-hybridized carbons (Fsp3) is 0.316. The van der Waals surface area contributed by atoms with Gasteiger partial charge in [-0.25, -0.2) is 0 Å². The minimum Gasteiger partial charge on any atom is -0.496 e. The highest BCUT2D eigenvalue weighted by Crippen LogP contribution is 2.29. The maximum atomic E-state index is 12.9. The Morgan fingerprint density at radius 2 is 1.60 bits per heavy atom. The summed E-state index contributed by atoms with van der Waals surface area (Å²) in [6.07, 6.45) is 0. The first-order valence-electron chi connectivity index (χ1n) is 7.87. The Hall–Kier alpha value is -2.40. The summed E-state index contributed by atoms with van der Waals surface area (Å²) < 4.78 is 15.9. The van der Waals surface area contributed by atoms with Crippen molar-refractivity contribution in [2.75, 3.05) is 27.9 Å². The van der Waals surface area contributed by atoms with Crippen molar-refractivity contribution in [1.29, 1.82) is 0 Å². The molecule has 0 aromatic heterocycles. The fourth-order valence-electron chi connectivity index (χ4n) is 2.54. The smallest absolute Gasteiger partial charge is 0.257 e. The number of halogens is 1. The van der Waals surface area contributed by atoms with E-state index in [0.717, 1.165) is 5.56 Å². The van der Waals surface area contributed by atoms with Crippen LogP contribution in [0.3, 0.4) is 0 Å². The van der Waals surface area contributed by atoms with Gasteiger partial charge in [0.05, 0.1) is 26.9 Å². The second kappa shape index (κ2) is 8.62. The summed E-state index contributed by atoms with van der Waals surface area (Å²) in [5.41, 5.74) is 1.38. The van der Waals surface area contributed by atoms with Crippen LogP contribution >= 0.6 is 11.6 Å². The number of hydrogen-bond donors (Lipinski definition) is 0. The van der Waals surface area contributed by atoms with E-state index in [1.165, 1.54) is 7.11 Å². The van der Waals surface area contributed by atoms with Crippen molar-refractivity contribution in [2.45, 2.75) is 13.5 Å². The maximum Gasteiger partial charge on any atom is 0.257 e. The highest BCUT2D eigenvalue weighted by molar-refractivity contribution is 6.31. The van der Waals surface area contributed by atoms with Gasteiger partial charge >= 0.3 is 0 Å². The van der Waals surface area contributed by atoms with Crippen LogP contribution in [-0.4, -0.2) is 38.7 Å². The Kier molecular flexibility index (Phi) is 6.53. The largest absolute Gasteiger partial charge is 0.496 e. The van der Waals surface area contributed by atoms with Crippen molar-refractivity contribution >= 4 is 17.5 Å². The quantitative estimate of drug-likeness (QED) is 0.745. The number of ether oxygens (including phenoxy) is 3. The highest BCUT2D eigenvalue weighted by atomic mass is 35.5. The van der Waals surface area contributed by atoms with Crippen molar-refractivity contribution in [2.24, 2.45) is 0 Å². The minimum atomic E-state index is -0.142. The summed E-state index contributed by atoms with van der Waals surface area (Å²) in [6.45, 7) is 2.91. The van der Waals surface area contributed by atoms with E-state index in [0.29, 0.717) is 40.9 Å². The number of carbonyl (C=O) groups is 1. The fourth-order valence-corrected chi connectivity index (χ4v) is 2.72. The van der Waals surface area contributed by atoms with Gasteiger partial charge in [-0.1, -0.05) is 17.7 Å². The third kappa shape index (κ3) is 4.37. The highest BCUT2D eigenvalue weighted by Gasteiger charge is 2.20. The molecule has 0 atom stereocenters. The molecule has 0 aliphatic carbocycles. The van der Waals surface area contributed by atoms with Crippen LogP contribution in [0.2, 0.25) is 5.02 Å². The summed E-state index contributed by atoms with van der Waals surface area (Å²) in [5.74, 6) is 1.64. The van der Waals surface area contributed by atoms with E-state index in [9.17, 15) is 4.79 Å². The van der Waals surface area contributed by atoms with E-state index in [-0.39, 0.29) is 5.91 Å². The standard InChI is InChI=1S/C19H22ClNO4/c1-5-21(12-13-6-8-17(24-3)18(10-13)25-4)19(22)15-11-14(20)7-9-16(15)23-2/h6-11H,5,12H2,1-4H3. The van der Waals surface area contributed by atoms with Crippen LogP contribution in [0.25, 0.3) is 0 Å². The lowest BCUT2D eigenvalue weighted by Gasteiger charge is -2.22. The van der Waals surface area contributed by atoms with Crippen molar-refractivity contribution < 1.29 is 19.0 Å². The second-order valence-corrected chi connectivity index (χ2v) is 5.79. The molecule has 0 bridgehead atoms. The molecule has 0 saturated carbocycles. The Morgan fingerprint density at radius 3 is 2.20 bits per heavy atom. The molecule has 0 N–H and O–H groups in total. The SMILES string of the molecule is CCN(Cc1ccc(OC)c(OC)c1)C(=O)c1cc(Cl)ccc1OC. The Balaban J connectivity index is 2.28. The number of nitrogens with zero attached hydrogens (tertiary/aromatic N) is 1. The predicted molar refractivity (Wildman–Crippen MR) is 98.0 cm³/mol. The zero-order valence-corrected chi connectivity index (χ0v) is 15.6. The normalized spacial score (nSPS) is 10.3. The molecule has 0 heterocycles. The number of methoxy groups -OCH3 is 3. The molecule has 134 valence electrons. The first-order valence-corrected chi connectivity index (χ1v) is 8.25. The van der Waals surface area contributed by atoms with Gasteiger partial charge in [0.25, 0.3) is 5.91 Å². The van der Waals surface area contributed by atoms with Crippen LogP contribution in [0.1, 0.15) is 22.8 Å². The summed E-state index contributed by atoms with van der Waals surface area (Å²) >= 11 is 6.04. The first-order chi connectivity index (χ1) is 12.0. The van der Waals surface area contributed by atoms with Crippen LogP contribution in [0, 0.1) is 0 Å². The number of rotatable bonds is 7. The molecule has 2 aromatic rings. The van der Waals surface area contributed by atoms with Crippen molar-refractivity contribution in [3.05, 3.63) is 52.5 Å². The van der Waals surface area contributed by atoms with Crippen LogP contribution in [0.5, 0.6) is 17.2 Å². The summed E-state index contributed by atoms with van der Waals surface area (Å²) in [4.78, 5) is 14.6. The summed E-state index contributed by atoms with van der Waals surface area (Å²) in [5, 5.41) is 0.492. The molecule has 2 rings (SSSR count). The molecular weight excluding hydrogens is 342 g/mol. The van der Waals surface area contributed by atoms with Gasteiger partial charge in [-0.3, -0.25) is 4.79 Å². The van der Waals surface area contributed by atoms with Crippen LogP contribution in [0.4, 0.5) is 0 Å². The van der Waals surface area contributed by atoms with Gasteiger partial charge in [0.15, 0.2) is 11.5 Å². The van der Waals surface area contributed by atoms with Gasteiger partial charge in [0.2, 0.25) is 0 Å². The Labute approximate surface area is 153 Å². The molecule has 5 nitrogen and oxygen atoms in total. The average molecular weight is 364 g/mol. The van der Waals surface area contributed by atoms with E-state index >= 15 is 0 Å². The van der Waals surface area contributed by atoms with Crippen molar-refractivity contribution in [3.8, 4) is 17.2 Å². The summed E-state index contributed by atoms with van der Waals surface area (Å²) in [6, 6.07) is 10.6. The van der Waals surface area contributed by atoms with E-state index in [1.54, 1.807) is 37.3 Å². The van der Waals surface area contributed by atoms with E-state index in [4.69, 9.17) is 25.8 Å². The molecule has 0 saturated heterocycles. The Morgan fingerprint density at radius 1 is 0.960 bits per heavy atom. The maximum absolute atomic E-state index is 12.9. The molecule has 25 heavy (non-hydrogen) atoms. The van der Waals surface area contributed by atoms with Crippen molar-refractivity contribution in [1.82, 2.24) is 4.90 Å². The lowest BCUT2D eigenvalue weighted by Crippen LogP contribution is -2.30. The third-order valence-corrected chi connectivity index (χ3v) is 4.12. The molecule has 2 aromatic carbocycles. The molecule has 0 unspecified atom stereocenters. The van der Waals surface area contributed by atoms with Gasteiger partial charge in [-0.15, -0.1) is 0 Å². The van der Waals surface area contributed by atoms with E-state index < -0.39 is 0 Å². The number of carbonyl (C=O) groups excluding carboxylic acids is 1. The number of hydrogen-bond acceptors (Lipinski definition) is 4. The van der Waals surface area contributed by atoms with Crippen LogP contribution < -0.4 is 14.2 Å². The molecule has 1 amide bonds. The molecule has 0 aliphatic rings. The molecule has 0 radical (unpaired) electrons. The van der Waals surface area contributed by atoms with Gasteiger partial charge < -0.3 is 19.1 Å². The topological polar surface area (TPSA) is 48.0 Å². The lowest BCUT2D eigenvalue weighted by atomic mass is 10.1. The predicted octanol–water partition coefficient (Wildman–Crippen LogP) is 4.03. The molecule has 0 aliphatic heterocycles. The monoisotopic (exact) mass is 363 g/mol. The van der Waals surface area contributed by atoms with Crippen molar-refractivity contribution in [3.63, 3.8) is 0 Å². The third-order valence-electron chi connectivity index (χ3n) is 3.88. The van der Waals surface area contributed by atoms with Gasteiger partial charge in [0, 0.05) is 18.1 Å². The van der Waals surface area contributed by atoms with E-state index in [2.05, 4.69) is 0 Å². The van der Waals surface area contributed by atoms with E-state index in [1.807, 2.05) is 25.1 Å². The molecular formula is C19H22ClNO4. The zero-order valence-electron chi connectivity index (χ0n) is 14.8. The summed E-state index contributed by atoms with van der Waals surface area (Å²) in [7, 11) is 4.71. The number of benzene rings is 2.